The van der Waals surface area contributed by atoms with Crippen LogP contribution in [0.15, 0.2) is 0 Å². The molecule has 0 unspecified atom stereocenters. The molecule has 115 valence electrons. The molecule has 9 nitrogen and oxygen atoms in total. The molecule has 0 atom stereocenters. The summed E-state index contributed by atoms with van der Waals surface area (Å²) in [5, 5.41) is 31.6. The van der Waals surface area contributed by atoms with Gasteiger partial charge in [-0.2, -0.15) is 0 Å². The summed E-state index contributed by atoms with van der Waals surface area (Å²) in [7, 11) is 3.37. The van der Waals surface area contributed by atoms with E-state index in [0.29, 0.717) is 0 Å². The third kappa shape index (κ3) is 12.6. The predicted molar refractivity (Wildman–Crippen MR) is 56.7 cm³/mol. The number of carboxylic acids is 3. The van der Waals surface area contributed by atoms with Gasteiger partial charge in [-0.3, -0.25) is 14.7 Å². The molecule has 0 aliphatic carbocycles. The summed E-state index contributed by atoms with van der Waals surface area (Å²) in [6.07, 6.45) is 0. The van der Waals surface area contributed by atoms with Crippen LogP contribution >= 0.6 is 0 Å². The number of carboxylic acid groups (broad SMARTS) is 3. The van der Waals surface area contributed by atoms with Gasteiger partial charge in [0.05, 0.1) is 31.2 Å². The van der Waals surface area contributed by atoms with Gasteiger partial charge in [-0.25, -0.2) is 0 Å². The Morgan fingerprint density at radius 1 is 0.750 bits per heavy atom. The van der Waals surface area contributed by atoms with E-state index < -0.39 is 37.5 Å². The Morgan fingerprint density at radius 2 is 1.10 bits per heavy atom. The molecule has 0 aliphatic heterocycles. The van der Waals surface area contributed by atoms with E-state index in [1.165, 1.54) is 4.90 Å². The molecule has 0 saturated heterocycles. The molecule has 0 bridgehead atoms. The van der Waals surface area contributed by atoms with Gasteiger partial charge in [-0.1, -0.05) is 0 Å². The van der Waals surface area contributed by atoms with E-state index in [1.807, 2.05) is 0 Å². The first-order valence-corrected chi connectivity index (χ1v) is 5.39. The minimum atomic E-state index is -1.46. The molecule has 0 spiro atoms. The van der Waals surface area contributed by atoms with Crippen LogP contribution < -0.4 is 15.3 Å². The van der Waals surface area contributed by atoms with Gasteiger partial charge < -0.3 is 29.7 Å². The number of carbonyl (C=O) groups is 3. The van der Waals surface area contributed by atoms with E-state index in [2.05, 4.69) is 0 Å². The van der Waals surface area contributed by atoms with E-state index >= 15 is 0 Å². The molecular weight excluding hydrogens is 415 g/mol. The molecule has 0 amide bonds. The molecular formula is C10H16GdN3O6. The van der Waals surface area contributed by atoms with Gasteiger partial charge in [0.15, 0.2) is 0 Å². The Kier molecular flexibility index (Phi) is 12.4. The van der Waals surface area contributed by atoms with Crippen LogP contribution in [0.2, 0.25) is 0 Å². The molecule has 0 aromatic heterocycles. The maximum atomic E-state index is 10.6. The minimum absolute atomic E-state index is 0. The van der Waals surface area contributed by atoms with Crippen molar-refractivity contribution in [3.8, 4) is 0 Å². The maximum Gasteiger partial charge on any atom is 3.00 e. The molecule has 0 aliphatic rings. The molecule has 0 saturated carbocycles. The maximum absolute atomic E-state index is 10.6. The Hall–Kier alpha value is -0.385. The fourth-order valence-corrected chi connectivity index (χ4v) is 1.53. The van der Waals surface area contributed by atoms with E-state index in [1.54, 1.807) is 19.0 Å². The molecule has 1 radical (unpaired) electrons. The molecule has 0 fully saturated rings. The molecule has 0 aromatic carbocycles. The molecule has 20 heavy (non-hydrogen) atoms. The number of nitrogens with zero attached hydrogens (tertiary/aromatic N) is 3. The van der Waals surface area contributed by atoms with Crippen LogP contribution in [0, 0.1) is 39.9 Å². The van der Waals surface area contributed by atoms with Crippen molar-refractivity contribution >= 4 is 17.9 Å². The summed E-state index contributed by atoms with van der Waals surface area (Å²) >= 11 is 0. The second-order valence-corrected chi connectivity index (χ2v) is 4.29. The molecule has 0 rings (SSSR count). The second kappa shape index (κ2) is 11.3. The zero-order valence-electron chi connectivity index (χ0n) is 11.2. The largest absolute Gasteiger partial charge is 3.00 e. The zero-order valence-corrected chi connectivity index (χ0v) is 13.4. The van der Waals surface area contributed by atoms with Crippen molar-refractivity contribution in [2.24, 2.45) is 0 Å². The quantitative estimate of drug-likeness (QED) is 0.311. The van der Waals surface area contributed by atoms with Crippen LogP contribution in [0.25, 0.3) is 0 Å². The van der Waals surface area contributed by atoms with Crippen molar-refractivity contribution in [3.05, 3.63) is 0 Å². The van der Waals surface area contributed by atoms with Gasteiger partial charge >= 0.3 is 39.9 Å². The van der Waals surface area contributed by atoms with Crippen LogP contribution in [0.4, 0.5) is 0 Å². The number of hydrogen-bond acceptors (Lipinski definition) is 9. The van der Waals surface area contributed by atoms with Gasteiger partial charge in [0, 0.05) is 19.6 Å². The van der Waals surface area contributed by atoms with Crippen molar-refractivity contribution in [2.75, 3.05) is 47.1 Å². The number of carbonyl (C=O) groups excluding carboxylic acids is 3. The Morgan fingerprint density at radius 3 is 1.40 bits per heavy atom. The van der Waals surface area contributed by atoms with Gasteiger partial charge in [-0.15, -0.1) is 0 Å². The summed E-state index contributed by atoms with van der Waals surface area (Å²) in [6, 6.07) is 0. The van der Waals surface area contributed by atoms with Gasteiger partial charge in [0.1, 0.15) is 0 Å². The number of hydrogen-bond donors (Lipinski definition) is 0. The average molecular weight is 432 g/mol. The molecule has 0 heterocycles. The van der Waals surface area contributed by atoms with Crippen LogP contribution in [0.1, 0.15) is 0 Å². The van der Waals surface area contributed by atoms with Crippen LogP contribution in [0.3, 0.4) is 0 Å². The predicted octanol–water partition coefficient (Wildman–Crippen LogP) is -5.68. The Labute approximate surface area is 148 Å². The van der Waals surface area contributed by atoms with Gasteiger partial charge in [0.2, 0.25) is 0 Å². The van der Waals surface area contributed by atoms with Gasteiger partial charge in [0.25, 0.3) is 0 Å². The van der Waals surface area contributed by atoms with E-state index in [-0.39, 0.29) is 53.3 Å². The van der Waals surface area contributed by atoms with Crippen molar-refractivity contribution < 1.29 is 69.6 Å². The summed E-state index contributed by atoms with van der Waals surface area (Å²) in [4.78, 5) is 35.5. The van der Waals surface area contributed by atoms with Crippen molar-refractivity contribution in [1.29, 1.82) is 0 Å². The first kappa shape index (κ1) is 21.9. The Balaban J connectivity index is 0. The average Bonchev–Trinajstić information content (AvgIpc) is 2.11. The van der Waals surface area contributed by atoms with E-state index in [0.717, 1.165) is 4.90 Å². The smallest absolute Gasteiger partial charge is 0.549 e. The minimum Gasteiger partial charge on any atom is -0.549 e. The topological polar surface area (TPSA) is 130 Å². The van der Waals surface area contributed by atoms with Crippen molar-refractivity contribution in [2.45, 2.75) is 0 Å². The second-order valence-electron chi connectivity index (χ2n) is 4.29. The zero-order chi connectivity index (χ0) is 15.0. The van der Waals surface area contributed by atoms with E-state index in [4.69, 9.17) is 0 Å². The number of rotatable bonds is 10. The standard InChI is InChI=1S/C10H19N3O6.Gd/c1-11(2)6-13(5-10(18)19)7-12(3-8(14)15)4-9(16)17;/h3-7H2,1-2H3,(H,14,15)(H,16,17)(H,18,19);/q;+3/p-3. The molecule has 0 N–H and O–H groups in total. The van der Waals surface area contributed by atoms with Gasteiger partial charge in [-0.05, 0) is 14.1 Å². The van der Waals surface area contributed by atoms with Crippen LogP contribution in [0.5, 0.6) is 0 Å². The Bertz CT molecular complexity index is 323. The summed E-state index contributed by atoms with van der Waals surface area (Å²) in [5.41, 5.74) is 0. The fourth-order valence-electron chi connectivity index (χ4n) is 1.53. The van der Waals surface area contributed by atoms with Crippen LogP contribution in [-0.2, 0) is 14.4 Å². The van der Waals surface area contributed by atoms with Crippen molar-refractivity contribution in [1.82, 2.24) is 14.7 Å². The first-order chi connectivity index (χ1) is 8.70. The third-order valence-corrected chi connectivity index (χ3v) is 1.94. The summed E-state index contributed by atoms with van der Waals surface area (Å²) in [5.74, 6) is -4.26. The summed E-state index contributed by atoms with van der Waals surface area (Å²) in [6.45, 7) is -1.69. The first-order valence-electron chi connectivity index (χ1n) is 5.39. The SMILES string of the molecule is CN(C)CN(CC(=O)[O-])CN(CC(=O)[O-])CC(=O)[O-].[Gd+3]. The molecule has 0 aromatic rings. The fraction of sp³-hybridized carbons (Fsp3) is 0.700. The normalized spacial score (nSPS) is 10.7. The number of aliphatic carboxylic acids is 3. The summed E-state index contributed by atoms with van der Waals surface area (Å²) < 4.78 is 0. The van der Waals surface area contributed by atoms with E-state index in [9.17, 15) is 29.7 Å². The molecule has 10 heteroatoms. The monoisotopic (exact) mass is 432 g/mol. The third-order valence-electron chi connectivity index (χ3n) is 1.94. The van der Waals surface area contributed by atoms with Crippen molar-refractivity contribution in [3.63, 3.8) is 0 Å². The van der Waals surface area contributed by atoms with Crippen LogP contribution in [-0.4, -0.2) is 79.7 Å².